The fraction of sp³-hybridized carbons (Fsp3) is 0.727. The predicted molar refractivity (Wildman–Crippen MR) is 56.2 cm³/mol. The zero-order valence-electron chi connectivity index (χ0n) is 9.56. The minimum atomic E-state index is -0.317. The van der Waals surface area contributed by atoms with Gasteiger partial charge in [-0.2, -0.15) is 0 Å². The summed E-state index contributed by atoms with van der Waals surface area (Å²) in [4.78, 5) is 11.2. The number of primary amides is 1. The summed E-state index contributed by atoms with van der Waals surface area (Å²) in [6.07, 6.45) is 1.95. The lowest BCUT2D eigenvalue weighted by Gasteiger charge is -2.24. The van der Waals surface area contributed by atoms with Crippen molar-refractivity contribution in [2.24, 2.45) is 16.6 Å². The standard InChI is InChI=1S/C11H21NO/c1-10(2,3)7-8(9(12)13)11(4,5)6/h7H,1-6H3,(H2,12,13)/b8-7+. The molecule has 0 aromatic rings. The van der Waals surface area contributed by atoms with Crippen molar-refractivity contribution in [1.29, 1.82) is 0 Å². The highest BCUT2D eigenvalue weighted by Crippen LogP contribution is 2.29. The van der Waals surface area contributed by atoms with Crippen LogP contribution in [0.5, 0.6) is 0 Å². The molecule has 13 heavy (non-hydrogen) atoms. The molecular weight excluding hydrogens is 162 g/mol. The van der Waals surface area contributed by atoms with Gasteiger partial charge in [0.25, 0.3) is 0 Å². The lowest BCUT2D eigenvalue weighted by molar-refractivity contribution is -0.115. The average Bonchev–Trinajstić information content (AvgIpc) is 1.77. The van der Waals surface area contributed by atoms with Gasteiger partial charge < -0.3 is 5.73 Å². The molecule has 0 aliphatic heterocycles. The fourth-order valence-corrected chi connectivity index (χ4v) is 1.09. The molecule has 2 heteroatoms. The number of hydrogen-bond donors (Lipinski definition) is 1. The molecule has 0 atom stereocenters. The van der Waals surface area contributed by atoms with Crippen molar-refractivity contribution in [3.8, 4) is 0 Å². The average molecular weight is 183 g/mol. The Labute approximate surface area is 81.2 Å². The molecule has 0 unspecified atom stereocenters. The second-order valence-corrected chi connectivity index (χ2v) is 5.54. The summed E-state index contributed by atoms with van der Waals surface area (Å²) >= 11 is 0. The molecule has 0 rings (SSSR count). The quantitative estimate of drug-likeness (QED) is 0.623. The molecular formula is C11H21NO. The molecule has 2 nitrogen and oxygen atoms in total. The molecule has 0 spiro atoms. The van der Waals surface area contributed by atoms with Crippen molar-refractivity contribution in [3.05, 3.63) is 11.6 Å². The van der Waals surface area contributed by atoms with Crippen LogP contribution in [0, 0.1) is 10.8 Å². The van der Waals surface area contributed by atoms with Gasteiger partial charge in [0.1, 0.15) is 0 Å². The molecule has 0 bridgehead atoms. The summed E-state index contributed by atoms with van der Waals surface area (Å²) in [5.74, 6) is -0.317. The molecule has 76 valence electrons. The maximum absolute atomic E-state index is 11.2. The van der Waals surface area contributed by atoms with Gasteiger partial charge >= 0.3 is 0 Å². The zero-order valence-corrected chi connectivity index (χ0v) is 9.56. The fourth-order valence-electron chi connectivity index (χ4n) is 1.09. The van der Waals surface area contributed by atoms with Crippen molar-refractivity contribution in [1.82, 2.24) is 0 Å². The van der Waals surface area contributed by atoms with Crippen LogP contribution in [-0.2, 0) is 4.79 Å². The molecule has 0 heterocycles. The van der Waals surface area contributed by atoms with Gasteiger partial charge in [-0.05, 0) is 10.8 Å². The maximum atomic E-state index is 11.2. The van der Waals surface area contributed by atoms with E-state index >= 15 is 0 Å². The summed E-state index contributed by atoms with van der Waals surface area (Å²) < 4.78 is 0. The van der Waals surface area contributed by atoms with Crippen molar-refractivity contribution in [2.75, 3.05) is 0 Å². The minimum absolute atomic E-state index is 0.00234. The number of carbonyl (C=O) groups excluding carboxylic acids is 1. The summed E-state index contributed by atoms with van der Waals surface area (Å²) in [6, 6.07) is 0. The van der Waals surface area contributed by atoms with Crippen LogP contribution in [0.4, 0.5) is 0 Å². The third kappa shape index (κ3) is 4.71. The highest BCUT2D eigenvalue weighted by atomic mass is 16.1. The van der Waals surface area contributed by atoms with E-state index in [2.05, 4.69) is 20.8 Å². The first-order valence-electron chi connectivity index (χ1n) is 4.57. The summed E-state index contributed by atoms with van der Waals surface area (Å²) in [7, 11) is 0. The van der Waals surface area contributed by atoms with Crippen molar-refractivity contribution < 1.29 is 4.79 Å². The molecule has 2 N–H and O–H groups in total. The third-order valence-electron chi connectivity index (χ3n) is 1.65. The Balaban J connectivity index is 5.06. The number of nitrogens with two attached hydrogens (primary N) is 1. The van der Waals surface area contributed by atoms with E-state index in [9.17, 15) is 4.79 Å². The molecule has 0 saturated carbocycles. The van der Waals surface area contributed by atoms with E-state index in [-0.39, 0.29) is 16.7 Å². The SMILES string of the molecule is CC(C)(C)/C=C(\C(N)=O)C(C)(C)C. The summed E-state index contributed by atoms with van der Waals surface area (Å²) in [5.41, 5.74) is 5.86. The number of amides is 1. The Kier molecular flexibility index (Phi) is 3.31. The van der Waals surface area contributed by atoms with Crippen molar-refractivity contribution in [2.45, 2.75) is 41.5 Å². The van der Waals surface area contributed by atoms with Gasteiger partial charge in [-0.1, -0.05) is 47.6 Å². The molecule has 1 amide bonds. The molecule has 0 aromatic heterocycles. The Morgan fingerprint density at radius 3 is 1.54 bits per heavy atom. The topological polar surface area (TPSA) is 43.1 Å². The van der Waals surface area contributed by atoms with E-state index in [1.165, 1.54) is 0 Å². The monoisotopic (exact) mass is 183 g/mol. The number of allylic oxidation sites excluding steroid dienone is 1. The molecule has 0 fully saturated rings. The largest absolute Gasteiger partial charge is 0.366 e. The van der Waals surface area contributed by atoms with Crippen molar-refractivity contribution in [3.63, 3.8) is 0 Å². The number of carbonyl (C=O) groups is 1. The number of rotatable bonds is 1. The summed E-state index contributed by atoms with van der Waals surface area (Å²) in [6.45, 7) is 12.2. The third-order valence-corrected chi connectivity index (χ3v) is 1.65. The maximum Gasteiger partial charge on any atom is 0.244 e. The smallest absolute Gasteiger partial charge is 0.244 e. The van der Waals surface area contributed by atoms with E-state index in [0.29, 0.717) is 5.57 Å². The van der Waals surface area contributed by atoms with Crippen LogP contribution in [0.3, 0.4) is 0 Å². The predicted octanol–water partition coefficient (Wildman–Crippen LogP) is 2.49. The summed E-state index contributed by atoms with van der Waals surface area (Å²) in [5, 5.41) is 0. The highest BCUT2D eigenvalue weighted by Gasteiger charge is 2.23. The second kappa shape index (κ2) is 3.52. The van der Waals surface area contributed by atoms with Gasteiger partial charge in [0.2, 0.25) is 5.91 Å². The first-order chi connectivity index (χ1) is 5.54. The zero-order chi connectivity index (χ0) is 10.9. The highest BCUT2D eigenvalue weighted by molar-refractivity contribution is 5.93. The minimum Gasteiger partial charge on any atom is -0.366 e. The van der Waals surface area contributed by atoms with Gasteiger partial charge in [0, 0.05) is 5.57 Å². The van der Waals surface area contributed by atoms with E-state index in [1.54, 1.807) is 0 Å². The van der Waals surface area contributed by atoms with Crippen LogP contribution in [0.1, 0.15) is 41.5 Å². The van der Waals surface area contributed by atoms with Gasteiger partial charge in [-0.3, -0.25) is 4.79 Å². The lowest BCUT2D eigenvalue weighted by atomic mass is 9.81. The van der Waals surface area contributed by atoms with E-state index in [1.807, 2.05) is 26.8 Å². The molecule has 0 aromatic carbocycles. The van der Waals surface area contributed by atoms with Crippen LogP contribution >= 0.6 is 0 Å². The van der Waals surface area contributed by atoms with Crippen LogP contribution in [0.15, 0.2) is 11.6 Å². The van der Waals surface area contributed by atoms with Gasteiger partial charge in [0.05, 0.1) is 0 Å². The molecule has 0 aliphatic carbocycles. The number of hydrogen-bond acceptors (Lipinski definition) is 1. The Hall–Kier alpha value is -0.790. The van der Waals surface area contributed by atoms with Crippen LogP contribution in [-0.4, -0.2) is 5.91 Å². The van der Waals surface area contributed by atoms with E-state index in [4.69, 9.17) is 5.73 Å². The first-order valence-corrected chi connectivity index (χ1v) is 4.57. The van der Waals surface area contributed by atoms with Crippen LogP contribution in [0.25, 0.3) is 0 Å². The Morgan fingerprint density at radius 2 is 1.46 bits per heavy atom. The van der Waals surface area contributed by atoms with E-state index in [0.717, 1.165) is 0 Å². The lowest BCUT2D eigenvalue weighted by Crippen LogP contribution is -2.26. The van der Waals surface area contributed by atoms with Gasteiger partial charge in [-0.15, -0.1) is 0 Å². The first kappa shape index (κ1) is 12.2. The van der Waals surface area contributed by atoms with Gasteiger partial charge in [-0.25, -0.2) is 0 Å². The van der Waals surface area contributed by atoms with Crippen molar-refractivity contribution >= 4 is 5.91 Å². The van der Waals surface area contributed by atoms with Gasteiger partial charge in [0.15, 0.2) is 0 Å². The molecule has 0 saturated heterocycles. The van der Waals surface area contributed by atoms with E-state index < -0.39 is 0 Å². The van der Waals surface area contributed by atoms with Crippen LogP contribution in [0.2, 0.25) is 0 Å². The molecule has 0 radical (unpaired) electrons. The molecule has 0 aliphatic rings. The Morgan fingerprint density at radius 1 is 1.08 bits per heavy atom. The van der Waals surface area contributed by atoms with Crippen LogP contribution < -0.4 is 5.73 Å². The Bertz CT molecular complexity index is 225. The normalized spacial score (nSPS) is 14.5. The second-order valence-electron chi connectivity index (χ2n) is 5.54.